The summed E-state index contributed by atoms with van der Waals surface area (Å²) in [6.07, 6.45) is 2.21. The van der Waals surface area contributed by atoms with E-state index >= 15 is 0 Å². The van der Waals surface area contributed by atoms with E-state index in [0.717, 1.165) is 38.2 Å². The van der Waals surface area contributed by atoms with Gasteiger partial charge in [-0.2, -0.15) is 0 Å². The van der Waals surface area contributed by atoms with Crippen molar-refractivity contribution >= 4 is 11.6 Å². The van der Waals surface area contributed by atoms with Crippen LogP contribution in [0.2, 0.25) is 0 Å². The van der Waals surface area contributed by atoms with Crippen LogP contribution < -0.4 is 4.90 Å². The highest BCUT2D eigenvalue weighted by Crippen LogP contribution is 2.13. The van der Waals surface area contributed by atoms with Crippen molar-refractivity contribution in [3.05, 3.63) is 30.3 Å². The van der Waals surface area contributed by atoms with Crippen LogP contribution in [0.25, 0.3) is 0 Å². The molecule has 0 saturated heterocycles. The highest BCUT2D eigenvalue weighted by atomic mass is 16.2. The monoisotopic (exact) mass is 262 g/mol. The predicted octanol–water partition coefficient (Wildman–Crippen LogP) is 3.16. The number of amides is 1. The van der Waals surface area contributed by atoms with E-state index in [9.17, 15) is 4.79 Å². The highest BCUT2D eigenvalue weighted by Gasteiger charge is 2.15. The Morgan fingerprint density at radius 2 is 1.74 bits per heavy atom. The molecule has 3 nitrogen and oxygen atoms in total. The maximum atomic E-state index is 12.3. The molecule has 19 heavy (non-hydrogen) atoms. The van der Waals surface area contributed by atoms with Crippen LogP contribution in [0.1, 0.15) is 33.6 Å². The molecule has 0 spiro atoms. The van der Waals surface area contributed by atoms with E-state index in [1.165, 1.54) is 0 Å². The minimum atomic E-state index is 0.224. The van der Waals surface area contributed by atoms with E-state index in [-0.39, 0.29) is 5.91 Å². The van der Waals surface area contributed by atoms with Crippen LogP contribution in [0.15, 0.2) is 30.3 Å². The van der Waals surface area contributed by atoms with Crippen LogP contribution >= 0.6 is 0 Å². The molecule has 0 aromatic heterocycles. The molecule has 1 amide bonds. The fourth-order valence-corrected chi connectivity index (χ4v) is 2.10. The Balaban J connectivity index is 2.62. The Morgan fingerprint density at radius 1 is 1.05 bits per heavy atom. The molecular formula is C16H26N2O. The first-order chi connectivity index (χ1) is 9.22. The third-order valence-electron chi connectivity index (χ3n) is 3.35. The van der Waals surface area contributed by atoms with E-state index in [1.807, 2.05) is 30.0 Å². The number of likely N-dealkylation sites (N-methyl/N-ethyl adjacent to an activating group) is 2. The summed E-state index contributed by atoms with van der Waals surface area (Å²) in [6, 6.07) is 10.1. The molecule has 0 bridgehead atoms. The van der Waals surface area contributed by atoms with Crippen molar-refractivity contribution in [2.24, 2.45) is 0 Å². The van der Waals surface area contributed by atoms with Crippen molar-refractivity contribution in [1.29, 1.82) is 0 Å². The lowest BCUT2D eigenvalue weighted by molar-refractivity contribution is -0.129. The molecule has 3 heteroatoms. The number of benzene rings is 1. The van der Waals surface area contributed by atoms with Gasteiger partial charge in [0.15, 0.2) is 0 Å². The first kappa shape index (κ1) is 15.5. The van der Waals surface area contributed by atoms with Gasteiger partial charge in [-0.3, -0.25) is 4.79 Å². The van der Waals surface area contributed by atoms with Crippen LogP contribution in [-0.2, 0) is 4.79 Å². The smallest absolute Gasteiger partial charge is 0.242 e. The third-order valence-corrected chi connectivity index (χ3v) is 3.35. The molecule has 0 unspecified atom stereocenters. The lowest BCUT2D eigenvalue weighted by Gasteiger charge is -2.27. The largest absolute Gasteiger partial charge is 0.362 e. The Labute approximate surface area is 117 Å². The van der Waals surface area contributed by atoms with Gasteiger partial charge in [0.2, 0.25) is 5.91 Å². The normalized spacial score (nSPS) is 10.3. The highest BCUT2D eigenvalue weighted by molar-refractivity contribution is 5.81. The molecule has 0 saturated carbocycles. The summed E-state index contributed by atoms with van der Waals surface area (Å²) in [5, 5.41) is 0. The van der Waals surface area contributed by atoms with Crippen LogP contribution in [-0.4, -0.2) is 37.0 Å². The van der Waals surface area contributed by atoms with Gasteiger partial charge < -0.3 is 9.80 Å². The summed E-state index contributed by atoms with van der Waals surface area (Å²) < 4.78 is 0. The molecule has 1 aromatic rings. The third kappa shape index (κ3) is 4.93. The standard InChI is InChI=1S/C16H26N2O/c1-4-7-13-17(5-2)16(19)14-18(6-3)15-11-9-8-10-12-15/h8-12H,4-7,13-14H2,1-3H3. The lowest BCUT2D eigenvalue weighted by atomic mass is 10.2. The van der Waals surface area contributed by atoms with Crippen LogP contribution in [0.5, 0.6) is 0 Å². The molecule has 0 radical (unpaired) electrons. The Morgan fingerprint density at radius 3 is 2.26 bits per heavy atom. The maximum Gasteiger partial charge on any atom is 0.242 e. The number of unbranched alkanes of at least 4 members (excludes halogenated alkanes) is 1. The van der Waals surface area contributed by atoms with Gasteiger partial charge in [0.25, 0.3) is 0 Å². The van der Waals surface area contributed by atoms with E-state index < -0.39 is 0 Å². The second kappa shape index (κ2) is 8.57. The number of carbonyl (C=O) groups excluding carboxylic acids is 1. The molecule has 1 aromatic carbocycles. The zero-order valence-electron chi connectivity index (χ0n) is 12.4. The molecule has 106 valence electrons. The minimum Gasteiger partial charge on any atom is -0.362 e. The number of carbonyl (C=O) groups is 1. The molecule has 0 aliphatic carbocycles. The summed E-state index contributed by atoms with van der Waals surface area (Å²) in [5.41, 5.74) is 1.12. The summed E-state index contributed by atoms with van der Waals surface area (Å²) >= 11 is 0. The summed E-state index contributed by atoms with van der Waals surface area (Å²) in [5.74, 6) is 0.224. The van der Waals surface area contributed by atoms with Crippen LogP contribution in [0.3, 0.4) is 0 Å². The topological polar surface area (TPSA) is 23.6 Å². The van der Waals surface area contributed by atoms with Gasteiger partial charge in [0.05, 0.1) is 6.54 Å². The van der Waals surface area contributed by atoms with Gasteiger partial charge in [0.1, 0.15) is 0 Å². The van der Waals surface area contributed by atoms with Gasteiger partial charge in [-0.05, 0) is 32.4 Å². The second-order valence-corrected chi connectivity index (χ2v) is 4.68. The van der Waals surface area contributed by atoms with E-state index in [2.05, 4.69) is 30.9 Å². The maximum absolute atomic E-state index is 12.3. The number of anilines is 1. The molecule has 0 heterocycles. The van der Waals surface area contributed by atoms with Crippen LogP contribution in [0.4, 0.5) is 5.69 Å². The molecule has 0 aliphatic rings. The quantitative estimate of drug-likeness (QED) is 0.718. The van der Waals surface area contributed by atoms with Gasteiger partial charge in [0, 0.05) is 25.3 Å². The van der Waals surface area contributed by atoms with Crippen molar-refractivity contribution in [2.75, 3.05) is 31.1 Å². The fourth-order valence-electron chi connectivity index (χ4n) is 2.10. The number of nitrogens with zero attached hydrogens (tertiary/aromatic N) is 2. The predicted molar refractivity (Wildman–Crippen MR) is 81.5 cm³/mol. The number of hydrogen-bond donors (Lipinski definition) is 0. The van der Waals surface area contributed by atoms with E-state index in [0.29, 0.717) is 6.54 Å². The van der Waals surface area contributed by atoms with Gasteiger partial charge >= 0.3 is 0 Å². The molecule has 0 fully saturated rings. The summed E-state index contributed by atoms with van der Waals surface area (Å²) in [7, 11) is 0. The average Bonchev–Trinajstić information content (AvgIpc) is 2.46. The van der Waals surface area contributed by atoms with Crippen LogP contribution in [0, 0.1) is 0 Å². The Hall–Kier alpha value is -1.51. The number of rotatable bonds is 8. The fraction of sp³-hybridized carbons (Fsp3) is 0.562. The lowest BCUT2D eigenvalue weighted by Crippen LogP contribution is -2.40. The van der Waals surface area contributed by atoms with Gasteiger partial charge in [-0.1, -0.05) is 31.5 Å². The summed E-state index contributed by atoms with van der Waals surface area (Å²) in [6.45, 7) is 9.28. The second-order valence-electron chi connectivity index (χ2n) is 4.68. The molecule has 0 aliphatic heterocycles. The zero-order valence-corrected chi connectivity index (χ0v) is 12.4. The van der Waals surface area contributed by atoms with Crippen molar-refractivity contribution in [3.8, 4) is 0 Å². The molecule has 1 rings (SSSR count). The zero-order chi connectivity index (χ0) is 14.1. The van der Waals surface area contributed by atoms with Crippen molar-refractivity contribution < 1.29 is 4.79 Å². The number of para-hydroxylation sites is 1. The first-order valence-corrected chi connectivity index (χ1v) is 7.30. The summed E-state index contributed by atoms with van der Waals surface area (Å²) in [4.78, 5) is 16.4. The van der Waals surface area contributed by atoms with E-state index in [1.54, 1.807) is 0 Å². The average molecular weight is 262 g/mol. The Kier molecular flexibility index (Phi) is 7.01. The SMILES string of the molecule is CCCCN(CC)C(=O)CN(CC)c1ccccc1. The molecule has 0 N–H and O–H groups in total. The minimum absolute atomic E-state index is 0.224. The van der Waals surface area contributed by atoms with Crippen molar-refractivity contribution in [3.63, 3.8) is 0 Å². The van der Waals surface area contributed by atoms with Gasteiger partial charge in [-0.25, -0.2) is 0 Å². The van der Waals surface area contributed by atoms with Crippen molar-refractivity contribution in [2.45, 2.75) is 33.6 Å². The first-order valence-electron chi connectivity index (χ1n) is 7.30. The molecule has 0 atom stereocenters. The Bertz CT molecular complexity index is 364. The molecular weight excluding hydrogens is 236 g/mol. The van der Waals surface area contributed by atoms with Crippen molar-refractivity contribution in [1.82, 2.24) is 4.90 Å². The van der Waals surface area contributed by atoms with Gasteiger partial charge in [-0.15, -0.1) is 0 Å². The number of hydrogen-bond acceptors (Lipinski definition) is 2. The van der Waals surface area contributed by atoms with E-state index in [4.69, 9.17) is 0 Å².